The molecule has 0 atom stereocenters. The fraction of sp³-hybridized carbons (Fsp3) is 0.500. The van der Waals surface area contributed by atoms with Gasteiger partial charge in [-0.05, 0) is 24.6 Å². The third kappa shape index (κ3) is 4.09. The first kappa shape index (κ1) is 16.5. The summed E-state index contributed by atoms with van der Waals surface area (Å²) < 4.78 is 13.3. The van der Waals surface area contributed by atoms with E-state index >= 15 is 0 Å². The van der Waals surface area contributed by atoms with Crippen LogP contribution in [0.25, 0.3) is 5.57 Å². The van der Waals surface area contributed by atoms with E-state index in [2.05, 4.69) is 12.2 Å². The Kier molecular flexibility index (Phi) is 5.99. The quantitative estimate of drug-likeness (QED) is 0.394. The number of aliphatic hydroxyl groups is 1. The zero-order valence-corrected chi connectivity index (χ0v) is 13.1. The van der Waals surface area contributed by atoms with Crippen molar-refractivity contribution in [3.63, 3.8) is 0 Å². The Bertz CT molecular complexity index is 566. The van der Waals surface area contributed by atoms with E-state index in [0.717, 1.165) is 19.3 Å². The molecule has 0 radical (unpaired) electrons. The molecule has 22 heavy (non-hydrogen) atoms. The van der Waals surface area contributed by atoms with Crippen molar-refractivity contribution >= 4 is 17.2 Å². The topological polar surface area (TPSA) is 49.3 Å². The molecule has 0 bridgehead atoms. The molecule has 0 saturated carbocycles. The van der Waals surface area contributed by atoms with Gasteiger partial charge >= 0.3 is 0 Å². The molecule has 1 aliphatic rings. The van der Waals surface area contributed by atoms with Crippen molar-refractivity contribution in [1.29, 1.82) is 0 Å². The van der Waals surface area contributed by atoms with E-state index in [4.69, 9.17) is 0 Å². The van der Waals surface area contributed by atoms with Crippen LogP contribution in [0.2, 0.25) is 0 Å². The molecule has 1 heterocycles. The monoisotopic (exact) mass is 305 g/mol. The van der Waals surface area contributed by atoms with E-state index in [1.807, 2.05) is 0 Å². The number of benzene rings is 1. The van der Waals surface area contributed by atoms with Gasteiger partial charge in [-0.3, -0.25) is 4.79 Å². The van der Waals surface area contributed by atoms with E-state index in [1.165, 1.54) is 43.9 Å². The molecule has 0 aliphatic carbocycles. The van der Waals surface area contributed by atoms with Gasteiger partial charge in [0.1, 0.15) is 11.6 Å². The number of nitrogens with one attached hydrogen (secondary N) is 1. The highest BCUT2D eigenvalue weighted by atomic mass is 19.1. The number of carbonyl (C=O) groups is 1. The number of rotatable bonds is 8. The summed E-state index contributed by atoms with van der Waals surface area (Å²) in [5.74, 6) is -0.687. The summed E-state index contributed by atoms with van der Waals surface area (Å²) in [6, 6.07) is 4.12. The number of aliphatic hydroxyl groups excluding tert-OH is 1. The van der Waals surface area contributed by atoms with Gasteiger partial charge in [-0.25, -0.2) is 4.39 Å². The Balaban J connectivity index is 1.90. The number of hydrogen-bond acceptors (Lipinski definition) is 2. The van der Waals surface area contributed by atoms with Crippen molar-refractivity contribution in [2.75, 3.05) is 5.32 Å². The van der Waals surface area contributed by atoms with Crippen LogP contribution < -0.4 is 5.32 Å². The third-order valence-electron chi connectivity index (χ3n) is 4.03. The minimum Gasteiger partial charge on any atom is -0.511 e. The van der Waals surface area contributed by atoms with Gasteiger partial charge in [-0.2, -0.15) is 0 Å². The van der Waals surface area contributed by atoms with Crippen molar-refractivity contribution < 1.29 is 14.3 Å². The second kappa shape index (κ2) is 7.97. The van der Waals surface area contributed by atoms with Crippen LogP contribution in [0.3, 0.4) is 0 Å². The highest BCUT2D eigenvalue weighted by Gasteiger charge is 2.27. The van der Waals surface area contributed by atoms with E-state index in [1.54, 1.807) is 0 Å². The molecule has 0 aromatic heterocycles. The summed E-state index contributed by atoms with van der Waals surface area (Å²) in [5.41, 5.74) is 1.25. The van der Waals surface area contributed by atoms with Crippen molar-refractivity contribution in [3.8, 4) is 0 Å². The van der Waals surface area contributed by atoms with E-state index in [9.17, 15) is 14.3 Å². The molecule has 1 amide bonds. The van der Waals surface area contributed by atoms with Gasteiger partial charge in [-0.1, -0.05) is 45.4 Å². The zero-order valence-electron chi connectivity index (χ0n) is 13.1. The normalized spacial score (nSPS) is 15.6. The summed E-state index contributed by atoms with van der Waals surface area (Å²) in [6.07, 6.45) is 8.50. The minimum absolute atomic E-state index is 0.0652. The number of amides is 1. The molecule has 0 unspecified atom stereocenters. The van der Waals surface area contributed by atoms with Crippen molar-refractivity contribution in [2.45, 2.75) is 58.3 Å². The van der Waals surface area contributed by atoms with Gasteiger partial charge in [0.15, 0.2) is 0 Å². The molecule has 0 fully saturated rings. The molecule has 3 nitrogen and oxygen atoms in total. The number of carbonyl (C=O) groups excluding carboxylic acids is 1. The van der Waals surface area contributed by atoms with Gasteiger partial charge in [-0.15, -0.1) is 0 Å². The van der Waals surface area contributed by atoms with Crippen LogP contribution in [-0.4, -0.2) is 11.0 Å². The molecule has 0 saturated heterocycles. The van der Waals surface area contributed by atoms with Crippen LogP contribution in [0, 0.1) is 5.82 Å². The fourth-order valence-corrected chi connectivity index (χ4v) is 2.80. The highest BCUT2D eigenvalue weighted by Crippen LogP contribution is 2.34. The van der Waals surface area contributed by atoms with Crippen molar-refractivity contribution in [1.82, 2.24) is 0 Å². The maximum absolute atomic E-state index is 13.3. The molecule has 0 spiro atoms. The lowest BCUT2D eigenvalue weighted by molar-refractivity contribution is -0.110. The number of anilines is 1. The average molecular weight is 305 g/mol. The average Bonchev–Trinajstić information content (AvgIpc) is 2.81. The first-order chi connectivity index (χ1) is 10.6. The summed E-state index contributed by atoms with van der Waals surface area (Å²) in [5, 5.41) is 12.9. The first-order valence-electron chi connectivity index (χ1n) is 8.17. The van der Waals surface area contributed by atoms with Crippen LogP contribution in [0.4, 0.5) is 10.1 Å². The summed E-state index contributed by atoms with van der Waals surface area (Å²) in [4.78, 5) is 11.9. The fourth-order valence-electron chi connectivity index (χ4n) is 2.80. The highest BCUT2D eigenvalue weighted by molar-refractivity contribution is 6.31. The number of halogens is 1. The van der Waals surface area contributed by atoms with Gasteiger partial charge in [0.2, 0.25) is 0 Å². The van der Waals surface area contributed by atoms with Crippen molar-refractivity contribution in [2.24, 2.45) is 0 Å². The van der Waals surface area contributed by atoms with Crippen LogP contribution in [0.15, 0.2) is 24.0 Å². The van der Waals surface area contributed by atoms with E-state index in [0.29, 0.717) is 17.7 Å². The van der Waals surface area contributed by atoms with Crippen LogP contribution in [0.5, 0.6) is 0 Å². The Morgan fingerprint density at radius 1 is 1.14 bits per heavy atom. The van der Waals surface area contributed by atoms with Gasteiger partial charge in [0.25, 0.3) is 5.91 Å². The summed E-state index contributed by atoms with van der Waals surface area (Å²) in [6.45, 7) is 2.19. The number of fused-ring (bicyclic) bond motifs is 1. The standard InChI is InChI=1S/C18H24FNO2/c1-2-3-4-5-6-7-8-9-16(21)17-14-12-13(19)10-11-15(14)20-18(17)22/h10-12,21H,2-9H2,1H3,(H,20,22). The number of hydrogen-bond donors (Lipinski definition) is 2. The summed E-state index contributed by atoms with van der Waals surface area (Å²) >= 11 is 0. The molecular weight excluding hydrogens is 281 g/mol. The van der Waals surface area contributed by atoms with Crippen LogP contribution in [0.1, 0.15) is 63.9 Å². The largest absolute Gasteiger partial charge is 0.511 e. The Morgan fingerprint density at radius 3 is 2.55 bits per heavy atom. The van der Waals surface area contributed by atoms with Crippen LogP contribution in [-0.2, 0) is 4.79 Å². The predicted molar refractivity (Wildman–Crippen MR) is 87.2 cm³/mol. The molecule has 4 heteroatoms. The second-order valence-corrected chi connectivity index (χ2v) is 5.84. The number of unbranched alkanes of at least 4 members (excludes halogenated alkanes) is 6. The SMILES string of the molecule is CCCCCCCCCC(O)=C1C(=O)Nc2ccc(F)cc21. The molecule has 2 rings (SSSR count). The Hall–Kier alpha value is -1.84. The summed E-state index contributed by atoms with van der Waals surface area (Å²) in [7, 11) is 0. The lowest BCUT2D eigenvalue weighted by atomic mass is 10.0. The number of allylic oxidation sites excluding steroid dienone is 1. The third-order valence-corrected chi connectivity index (χ3v) is 4.03. The van der Waals surface area contributed by atoms with Crippen molar-refractivity contribution in [3.05, 3.63) is 35.3 Å². The Morgan fingerprint density at radius 2 is 1.82 bits per heavy atom. The molecule has 2 N–H and O–H groups in total. The molecule has 1 aromatic carbocycles. The molecule has 1 aliphatic heterocycles. The van der Waals surface area contributed by atoms with E-state index in [-0.39, 0.29) is 17.2 Å². The second-order valence-electron chi connectivity index (χ2n) is 5.84. The van der Waals surface area contributed by atoms with E-state index < -0.39 is 5.82 Å². The zero-order chi connectivity index (χ0) is 15.9. The molecule has 1 aromatic rings. The lowest BCUT2D eigenvalue weighted by Gasteiger charge is -2.05. The smallest absolute Gasteiger partial charge is 0.259 e. The maximum atomic E-state index is 13.3. The Labute approximate surface area is 131 Å². The maximum Gasteiger partial charge on any atom is 0.259 e. The van der Waals surface area contributed by atoms with Crippen LogP contribution >= 0.6 is 0 Å². The van der Waals surface area contributed by atoms with Gasteiger partial charge in [0.05, 0.1) is 5.57 Å². The lowest BCUT2D eigenvalue weighted by Crippen LogP contribution is -2.06. The molecule has 120 valence electrons. The van der Waals surface area contributed by atoms with Gasteiger partial charge < -0.3 is 10.4 Å². The van der Waals surface area contributed by atoms with Gasteiger partial charge in [0, 0.05) is 17.7 Å². The predicted octanol–water partition coefficient (Wildman–Crippen LogP) is 5.19. The molecular formula is C18H24FNO2. The first-order valence-corrected chi connectivity index (χ1v) is 8.17. The minimum atomic E-state index is -0.406.